The van der Waals surface area contributed by atoms with Gasteiger partial charge >= 0.3 is 5.97 Å². The Morgan fingerprint density at radius 3 is 2.55 bits per heavy atom. The Hall–Kier alpha value is -2.33. The molecule has 13 nitrogen and oxygen atoms in total. The number of hydrogen-bond donors (Lipinski definition) is 7. The van der Waals surface area contributed by atoms with E-state index in [2.05, 4.69) is 0 Å². The van der Waals surface area contributed by atoms with E-state index in [1.807, 2.05) is 6.92 Å². The van der Waals surface area contributed by atoms with E-state index in [4.69, 9.17) is 23.7 Å². The maximum Gasteiger partial charge on any atom is 0.330 e. The third-order valence-corrected chi connectivity index (χ3v) is 6.34. The highest BCUT2D eigenvalue weighted by atomic mass is 16.7. The summed E-state index contributed by atoms with van der Waals surface area (Å²) in [6.07, 6.45) is -6.34. The van der Waals surface area contributed by atoms with E-state index in [9.17, 15) is 40.5 Å². The first-order valence-electron chi connectivity index (χ1n) is 12.3. The fourth-order valence-corrected chi connectivity index (χ4v) is 4.04. The number of aliphatic hydroxyl groups excluding tert-OH is 4. The van der Waals surface area contributed by atoms with Crippen molar-refractivity contribution >= 4 is 12.0 Å². The second-order valence-corrected chi connectivity index (χ2v) is 9.50. The lowest BCUT2D eigenvalue weighted by atomic mass is 9.99. The standard InChI is InChI=1S/C25H36O13/c1-3-4-13(2)37-23-21(31)20(30)19(29)17(38-23)10-34-24-22(32)25(33,12-36-24)11-35-18(28)8-6-14-5-7-15(26)16(27)9-14/h5-9,13,17,19-24,26-27,29-33H,3-4,10-12H2,1-2H3/b8-6+/t13-,17+,19+,20-,21+,22-,23+,24+,25+/m0/s1. The van der Waals surface area contributed by atoms with E-state index in [0.29, 0.717) is 12.0 Å². The minimum atomic E-state index is -1.99. The molecule has 0 radical (unpaired) electrons. The summed E-state index contributed by atoms with van der Waals surface area (Å²) in [7, 11) is 0. The molecule has 0 saturated carbocycles. The zero-order chi connectivity index (χ0) is 28.0. The summed E-state index contributed by atoms with van der Waals surface area (Å²) in [5.41, 5.74) is -1.58. The van der Waals surface area contributed by atoms with Gasteiger partial charge in [0.2, 0.25) is 0 Å². The normalized spacial score (nSPS) is 34.4. The molecule has 2 heterocycles. The molecule has 1 aromatic rings. The summed E-state index contributed by atoms with van der Waals surface area (Å²) in [6, 6.07) is 3.93. The van der Waals surface area contributed by atoms with Crippen molar-refractivity contribution in [2.45, 2.75) is 81.5 Å². The quantitative estimate of drug-likeness (QED) is 0.103. The average Bonchev–Trinajstić information content (AvgIpc) is 3.16. The van der Waals surface area contributed by atoms with Gasteiger partial charge in [0.25, 0.3) is 0 Å². The lowest BCUT2D eigenvalue weighted by Crippen LogP contribution is -2.60. The molecule has 13 heteroatoms. The van der Waals surface area contributed by atoms with E-state index >= 15 is 0 Å². The molecule has 0 spiro atoms. The molecule has 9 atom stereocenters. The van der Waals surface area contributed by atoms with Crippen LogP contribution in [0.15, 0.2) is 24.3 Å². The van der Waals surface area contributed by atoms with Crippen LogP contribution in [-0.4, -0.2) is 116 Å². The Kier molecular flexibility index (Phi) is 10.5. The van der Waals surface area contributed by atoms with Crippen molar-refractivity contribution in [1.29, 1.82) is 0 Å². The number of esters is 1. The summed E-state index contributed by atoms with van der Waals surface area (Å²) in [5.74, 6) is -1.53. The predicted octanol–water partition coefficient (Wildman–Crippen LogP) is -0.868. The molecule has 2 aliphatic heterocycles. The van der Waals surface area contributed by atoms with Crippen LogP contribution in [0.4, 0.5) is 0 Å². The summed E-state index contributed by atoms with van der Waals surface area (Å²) in [6.45, 7) is 2.30. The number of phenols is 2. The molecule has 38 heavy (non-hydrogen) atoms. The lowest BCUT2D eigenvalue weighted by molar-refractivity contribution is -0.317. The lowest BCUT2D eigenvalue weighted by Gasteiger charge is -2.41. The van der Waals surface area contributed by atoms with E-state index in [-0.39, 0.29) is 24.2 Å². The van der Waals surface area contributed by atoms with Gasteiger partial charge in [0.1, 0.15) is 37.1 Å². The van der Waals surface area contributed by atoms with Crippen LogP contribution in [0.2, 0.25) is 0 Å². The van der Waals surface area contributed by atoms with E-state index in [1.54, 1.807) is 6.92 Å². The number of aromatic hydroxyl groups is 2. The number of hydrogen-bond acceptors (Lipinski definition) is 13. The van der Waals surface area contributed by atoms with Gasteiger partial charge in [-0.25, -0.2) is 4.79 Å². The van der Waals surface area contributed by atoms with Gasteiger partial charge < -0.3 is 59.4 Å². The van der Waals surface area contributed by atoms with Gasteiger partial charge in [-0.1, -0.05) is 19.4 Å². The van der Waals surface area contributed by atoms with E-state index in [1.165, 1.54) is 24.3 Å². The predicted molar refractivity (Wildman–Crippen MR) is 129 cm³/mol. The van der Waals surface area contributed by atoms with Crippen molar-refractivity contribution in [3.8, 4) is 11.5 Å². The number of phenolic OH excluding ortho intramolecular Hbond substituents is 2. The Morgan fingerprint density at radius 1 is 1.13 bits per heavy atom. The first kappa shape index (κ1) is 30.2. The smallest absolute Gasteiger partial charge is 0.330 e. The van der Waals surface area contributed by atoms with Gasteiger partial charge in [-0.3, -0.25) is 0 Å². The molecule has 1 aromatic carbocycles. The first-order valence-corrected chi connectivity index (χ1v) is 12.3. The molecule has 0 unspecified atom stereocenters. The second kappa shape index (κ2) is 13.2. The van der Waals surface area contributed by atoms with E-state index < -0.39 is 67.9 Å². The number of carbonyl (C=O) groups excluding carboxylic acids is 1. The van der Waals surface area contributed by atoms with Crippen LogP contribution in [0.3, 0.4) is 0 Å². The minimum Gasteiger partial charge on any atom is -0.504 e. The molecular formula is C25H36O13. The minimum absolute atomic E-state index is 0.274. The Morgan fingerprint density at radius 2 is 1.87 bits per heavy atom. The zero-order valence-electron chi connectivity index (χ0n) is 21.1. The summed E-state index contributed by atoms with van der Waals surface area (Å²) in [4.78, 5) is 12.0. The summed E-state index contributed by atoms with van der Waals surface area (Å²) < 4.78 is 27.0. The molecule has 2 fully saturated rings. The van der Waals surface area contributed by atoms with Crippen LogP contribution < -0.4 is 0 Å². The summed E-state index contributed by atoms with van der Waals surface area (Å²) >= 11 is 0. The second-order valence-electron chi connectivity index (χ2n) is 9.50. The van der Waals surface area contributed by atoms with Crippen LogP contribution in [-0.2, 0) is 28.5 Å². The largest absolute Gasteiger partial charge is 0.504 e. The zero-order valence-corrected chi connectivity index (χ0v) is 21.1. The maximum absolute atomic E-state index is 12.0. The Labute approximate surface area is 219 Å². The van der Waals surface area contributed by atoms with Gasteiger partial charge in [0.05, 0.1) is 19.3 Å². The highest BCUT2D eigenvalue weighted by Gasteiger charge is 2.51. The highest BCUT2D eigenvalue weighted by Crippen LogP contribution is 2.29. The third-order valence-electron chi connectivity index (χ3n) is 6.34. The SMILES string of the molecule is CCC[C@H](C)O[C@@H]1O[C@H](CO[C@@H]2OC[C@](O)(COC(=O)/C=C/c3ccc(O)c(O)c3)[C@H]2O)[C@@H](O)[C@H](O)[C@H]1O. The molecule has 0 aliphatic carbocycles. The van der Waals surface area contributed by atoms with Crippen molar-refractivity contribution in [2.75, 3.05) is 19.8 Å². The number of aliphatic hydroxyl groups is 5. The molecule has 0 bridgehead atoms. The Bertz CT molecular complexity index is 955. The van der Waals surface area contributed by atoms with Crippen molar-refractivity contribution in [3.63, 3.8) is 0 Å². The first-order chi connectivity index (χ1) is 17.9. The van der Waals surface area contributed by atoms with Gasteiger partial charge in [0.15, 0.2) is 29.7 Å². The molecule has 2 aliphatic rings. The van der Waals surface area contributed by atoms with Crippen LogP contribution in [0, 0.1) is 0 Å². The molecule has 3 rings (SSSR count). The summed E-state index contributed by atoms with van der Waals surface area (Å²) in [5, 5.41) is 70.7. The highest BCUT2D eigenvalue weighted by molar-refractivity contribution is 5.87. The van der Waals surface area contributed by atoms with Gasteiger partial charge in [-0.05, 0) is 37.1 Å². The van der Waals surface area contributed by atoms with Gasteiger partial charge in [0, 0.05) is 6.08 Å². The van der Waals surface area contributed by atoms with Crippen LogP contribution in [0.25, 0.3) is 6.08 Å². The van der Waals surface area contributed by atoms with Crippen molar-refractivity contribution in [2.24, 2.45) is 0 Å². The molecule has 2 saturated heterocycles. The fourth-order valence-electron chi connectivity index (χ4n) is 4.04. The van der Waals surface area contributed by atoms with Gasteiger partial charge in [-0.15, -0.1) is 0 Å². The molecule has 7 N–H and O–H groups in total. The number of benzene rings is 1. The van der Waals surface area contributed by atoms with Crippen molar-refractivity contribution in [3.05, 3.63) is 29.8 Å². The molecule has 214 valence electrons. The van der Waals surface area contributed by atoms with Crippen LogP contribution in [0.5, 0.6) is 11.5 Å². The average molecular weight is 545 g/mol. The topological polar surface area (TPSA) is 205 Å². The van der Waals surface area contributed by atoms with E-state index in [0.717, 1.165) is 12.5 Å². The Balaban J connectivity index is 1.50. The van der Waals surface area contributed by atoms with Crippen molar-refractivity contribution in [1.82, 2.24) is 0 Å². The molecule has 0 aromatic heterocycles. The molecular weight excluding hydrogens is 508 g/mol. The monoisotopic (exact) mass is 544 g/mol. The molecule has 0 amide bonds. The van der Waals surface area contributed by atoms with Crippen molar-refractivity contribution < 1.29 is 64.2 Å². The van der Waals surface area contributed by atoms with Crippen LogP contribution in [0.1, 0.15) is 32.3 Å². The van der Waals surface area contributed by atoms with Crippen LogP contribution >= 0.6 is 0 Å². The van der Waals surface area contributed by atoms with Gasteiger partial charge in [-0.2, -0.15) is 0 Å². The third kappa shape index (κ3) is 7.40. The number of rotatable bonds is 11. The number of ether oxygens (including phenoxy) is 5. The number of carbonyl (C=O) groups is 1. The maximum atomic E-state index is 12.0. The fraction of sp³-hybridized carbons (Fsp3) is 0.640.